The summed E-state index contributed by atoms with van der Waals surface area (Å²) in [6.45, 7) is 0.710. The van der Waals surface area contributed by atoms with Crippen LogP contribution in [0.5, 0.6) is 0 Å². The van der Waals surface area contributed by atoms with Crippen molar-refractivity contribution >= 4 is 17.7 Å². The van der Waals surface area contributed by atoms with Gasteiger partial charge in [-0.25, -0.2) is 4.79 Å². The number of amides is 1. The zero-order valence-electron chi connectivity index (χ0n) is 10.3. The van der Waals surface area contributed by atoms with Crippen molar-refractivity contribution < 1.29 is 9.53 Å². The largest absolute Gasteiger partial charge is 0.453 e. The molecule has 1 aliphatic rings. The van der Waals surface area contributed by atoms with Gasteiger partial charge in [-0.15, -0.1) is 0 Å². The molecule has 96 valence electrons. The van der Waals surface area contributed by atoms with Gasteiger partial charge in [0.2, 0.25) is 0 Å². The normalized spacial score (nSPS) is 18.8. The lowest BCUT2D eigenvalue weighted by Gasteiger charge is -2.31. The smallest absolute Gasteiger partial charge is 0.409 e. The summed E-state index contributed by atoms with van der Waals surface area (Å²) >= 11 is 5.86. The van der Waals surface area contributed by atoms with Crippen LogP contribution >= 0.6 is 11.6 Å². The Kier molecular flexibility index (Phi) is 4.26. The number of rotatable bonds is 2. The first kappa shape index (κ1) is 13.0. The molecular weight excluding hydrogens is 250 g/mol. The van der Waals surface area contributed by atoms with Gasteiger partial charge in [-0.1, -0.05) is 35.9 Å². The number of carbonyl (C=O) groups excluding carboxylic acids is 1. The van der Waals surface area contributed by atoms with Crippen molar-refractivity contribution in [3.05, 3.63) is 47.0 Å². The molecule has 4 heteroatoms. The standard InChI is InChI=1S/C14H16ClNO2/c1-18-14(17)16-9-3-2-4-13(16)10-11-5-7-12(15)8-6-11/h2,4-8,13H,3,9-10H2,1H3. The lowest BCUT2D eigenvalue weighted by molar-refractivity contribution is 0.111. The second-order valence-electron chi connectivity index (χ2n) is 4.28. The van der Waals surface area contributed by atoms with Crippen molar-refractivity contribution in [2.75, 3.05) is 13.7 Å². The third-order valence-electron chi connectivity index (χ3n) is 3.06. The monoisotopic (exact) mass is 265 g/mol. The molecule has 0 bridgehead atoms. The van der Waals surface area contributed by atoms with E-state index in [1.165, 1.54) is 7.11 Å². The van der Waals surface area contributed by atoms with E-state index in [0.29, 0.717) is 6.54 Å². The fourth-order valence-corrected chi connectivity index (χ4v) is 2.25. The van der Waals surface area contributed by atoms with Crippen molar-refractivity contribution in [1.82, 2.24) is 4.90 Å². The van der Waals surface area contributed by atoms with E-state index in [1.54, 1.807) is 4.90 Å². The van der Waals surface area contributed by atoms with E-state index in [4.69, 9.17) is 16.3 Å². The minimum Gasteiger partial charge on any atom is -0.453 e. The van der Waals surface area contributed by atoms with Crippen molar-refractivity contribution in [2.45, 2.75) is 18.9 Å². The number of carbonyl (C=O) groups is 1. The Labute approximate surface area is 112 Å². The Morgan fingerprint density at radius 1 is 1.44 bits per heavy atom. The average molecular weight is 266 g/mol. The molecule has 0 fully saturated rings. The molecular formula is C14H16ClNO2. The highest BCUT2D eigenvalue weighted by Crippen LogP contribution is 2.18. The molecule has 0 radical (unpaired) electrons. The van der Waals surface area contributed by atoms with Crippen molar-refractivity contribution in [3.8, 4) is 0 Å². The summed E-state index contributed by atoms with van der Waals surface area (Å²) in [6.07, 6.45) is 5.57. The Bertz CT molecular complexity index is 442. The van der Waals surface area contributed by atoms with E-state index in [-0.39, 0.29) is 12.1 Å². The predicted molar refractivity (Wildman–Crippen MR) is 71.8 cm³/mol. The van der Waals surface area contributed by atoms with E-state index >= 15 is 0 Å². The number of halogens is 1. The fourth-order valence-electron chi connectivity index (χ4n) is 2.12. The summed E-state index contributed by atoms with van der Waals surface area (Å²) in [5.41, 5.74) is 1.16. The maximum Gasteiger partial charge on any atom is 0.409 e. The predicted octanol–water partition coefficient (Wildman–Crippen LogP) is 3.28. The molecule has 1 aliphatic heterocycles. The Hall–Kier alpha value is -1.48. The second-order valence-corrected chi connectivity index (χ2v) is 4.71. The zero-order valence-corrected chi connectivity index (χ0v) is 11.1. The third-order valence-corrected chi connectivity index (χ3v) is 3.31. The molecule has 0 saturated carbocycles. The molecule has 1 atom stereocenters. The summed E-state index contributed by atoms with van der Waals surface area (Å²) in [5, 5.41) is 0.725. The highest BCUT2D eigenvalue weighted by atomic mass is 35.5. The van der Waals surface area contributed by atoms with Crippen LogP contribution in [0.4, 0.5) is 4.79 Å². The fraction of sp³-hybridized carbons (Fsp3) is 0.357. The highest BCUT2D eigenvalue weighted by Gasteiger charge is 2.24. The summed E-state index contributed by atoms with van der Waals surface area (Å²) < 4.78 is 4.81. The topological polar surface area (TPSA) is 29.5 Å². The van der Waals surface area contributed by atoms with E-state index in [2.05, 4.69) is 12.2 Å². The first-order valence-corrected chi connectivity index (χ1v) is 6.34. The van der Waals surface area contributed by atoms with Gasteiger partial charge in [0.1, 0.15) is 0 Å². The Morgan fingerprint density at radius 2 is 2.17 bits per heavy atom. The van der Waals surface area contributed by atoms with Crippen LogP contribution in [0.25, 0.3) is 0 Å². The lowest BCUT2D eigenvalue weighted by Crippen LogP contribution is -2.42. The zero-order chi connectivity index (χ0) is 13.0. The summed E-state index contributed by atoms with van der Waals surface area (Å²) in [6, 6.07) is 7.77. The van der Waals surface area contributed by atoms with Gasteiger partial charge in [-0.2, -0.15) is 0 Å². The van der Waals surface area contributed by atoms with Crippen LogP contribution in [0.2, 0.25) is 5.02 Å². The van der Waals surface area contributed by atoms with Crippen LogP contribution in [-0.4, -0.2) is 30.7 Å². The molecule has 0 saturated heterocycles. The van der Waals surface area contributed by atoms with Crippen LogP contribution in [0, 0.1) is 0 Å². The molecule has 2 rings (SSSR count). The van der Waals surface area contributed by atoms with Gasteiger partial charge < -0.3 is 9.64 Å². The van der Waals surface area contributed by atoms with Crippen molar-refractivity contribution in [3.63, 3.8) is 0 Å². The number of nitrogens with zero attached hydrogens (tertiary/aromatic N) is 1. The van der Waals surface area contributed by atoms with E-state index in [0.717, 1.165) is 23.4 Å². The Morgan fingerprint density at radius 3 is 2.83 bits per heavy atom. The van der Waals surface area contributed by atoms with Crippen LogP contribution in [0.15, 0.2) is 36.4 Å². The van der Waals surface area contributed by atoms with Crippen molar-refractivity contribution in [2.24, 2.45) is 0 Å². The van der Waals surface area contributed by atoms with Gasteiger partial charge in [0.05, 0.1) is 13.2 Å². The van der Waals surface area contributed by atoms with E-state index in [1.807, 2.05) is 24.3 Å². The molecule has 0 N–H and O–H groups in total. The molecule has 1 aromatic rings. The van der Waals surface area contributed by atoms with Gasteiger partial charge >= 0.3 is 6.09 Å². The summed E-state index contributed by atoms with van der Waals surface area (Å²) in [4.78, 5) is 13.4. The highest BCUT2D eigenvalue weighted by molar-refractivity contribution is 6.30. The van der Waals surface area contributed by atoms with Crippen LogP contribution in [0.3, 0.4) is 0 Å². The number of benzene rings is 1. The summed E-state index contributed by atoms with van der Waals surface area (Å²) in [7, 11) is 1.42. The van der Waals surface area contributed by atoms with Gasteiger partial charge in [0.15, 0.2) is 0 Å². The van der Waals surface area contributed by atoms with Gasteiger partial charge in [-0.05, 0) is 30.5 Å². The minimum atomic E-state index is -0.265. The van der Waals surface area contributed by atoms with Crippen LogP contribution < -0.4 is 0 Å². The van der Waals surface area contributed by atoms with Gasteiger partial charge in [0, 0.05) is 11.6 Å². The summed E-state index contributed by atoms with van der Waals surface area (Å²) in [5.74, 6) is 0. The molecule has 1 unspecified atom stereocenters. The van der Waals surface area contributed by atoms with E-state index in [9.17, 15) is 4.79 Å². The molecule has 0 spiro atoms. The molecule has 1 heterocycles. The molecule has 1 aromatic carbocycles. The molecule has 0 aliphatic carbocycles. The van der Waals surface area contributed by atoms with Gasteiger partial charge in [-0.3, -0.25) is 0 Å². The average Bonchev–Trinajstić information content (AvgIpc) is 2.41. The van der Waals surface area contributed by atoms with Crippen LogP contribution in [0.1, 0.15) is 12.0 Å². The van der Waals surface area contributed by atoms with Crippen molar-refractivity contribution in [1.29, 1.82) is 0 Å². The van der Waals surface area contributed by atoms with Gasteiger partial charge in [0.25, 0.3) is 0 Å². The van der Waals surface area contributed by atoms with E-state index < -0.39 is 0 Å². The Balaban J connectivity index is 2.10. The first-order valence-electron chi connectivity index (χ1n) is 5.96. The third kappa shape index (κ3) is 3.05. The molecule has 1 amide bonds. The molecule has 3 nitrogen and oxygen atoms in total. The number of hydrogen-bond acceptors (Lipinski definition) is 2. The first-order chi connectivity index (χ1) is 8.70. The maximum atomic E-state index is 11.7. The second kappa shape index (κ2) is 5.91. The number of ether oxygens (including phenoxy) is 1. The molecule has 18 heavy (non-hydrogen) atoms. The lowest BCUT2D eigenvalue weighted by atomic mass is 10.0. The number of hydrogen-bond donors (Lipinski definition) is 0. The SMILES string of the molecule is COC(=O)N1CCC=CC1Cc1ccc(Cl)cc1. The molecule has 0 aromatic heterocycles. The minimum absolute atomic E-state index is 0.0624. The number of methoxy groups -OCH3 is 1. The van der Waals surface area contributed by atoms with Crippen LogP contribution in [-0.2, 0) is 11.2 Å². The maximum absolute atomic E-state index is 11.7. The quantitative estimate of drug-likeness (QED) is 0.768.